The van der Waals surface area contributed by atoms with Crippen molar-refractivity contribution in [2.45, 2.75) is 44.3 Å². The van der Waals surface area contributed by atoms with E-state index in [2.05, 4.69) is 0 Å². The third-order valence-corrected chi connectivity index (χ3v) is 6.22. The van der Waals surface area contributed by atoms with Crippen molar-refractivity contribution in [1.82, 2.24) is 0 Å². The molecule has 1 aliphatic rings. The number of benzene rings is 2. The van der Waals surface area contributed by atoms with Crippen LogP contribution < -0.4 is 9.47 Å². The average molecular weight is 478 g/mol. The van der Waals surface area contributed by atoms with E-state index in [1.165, 1.54) is 14.2 Å². The highest BCUT2D eigenvalue weighted by atomic mass is 19.4. The number of hydrogen-bond donors (Lipinski definition) is 1. The summed E-state index contributed by atoms with van der Waals surface area (Å²) in [7, 11) is 2.96. The number of nitrogens with zero attached hydrogens (tertiary/aromatic N) is 1. The summed E-state index contributed by atoms with van der Waals surface area (Å²) >= 11 is 0. The molecule has 0 amide bonds. The second-order valence-corrected chi connectivity index (χ2v) is 8.34. The lowest BCUT2D eigenvalue weighted by Crippen LogP contribution is -2.51. The number of quaternary nitrogens is 1. The van der Waals surface area contributed by atoms with Crippen LogP contribution in [0.4, 0.5) is 26.3 Å². The van der Waals surface area contributed by atoms with Gasteiger partial charge in [0.25, 0.3) is 0 Å². The van der Waals surface area contributed by atoms with Gasteiger partial charge in [-0.2, -0.15) is 26.3 Å². The summed E-state index contributed by atoms with van der Waals surface area (Å²) in [6.07, 6.45) is -8.50. The summed E-state index contributed by atoms with van der Waals surface area (Å²) in [5.41, 5.74) is -1.97. The lowest BCUT2D eigenvalue weighted by molar-refractivity contribution is -0.964. The second-order valence-electron chi connectivity index (χ2n) is 8.34. The molecule has 0 bridgehead atoms. The first-order valence-electron chi connectivity index (χ1n) is 10.4. The first-order chi connectivity index (χ1) is 15.4. The second kappa shape index (κ2) is 9.42. The normalized spacial score (nSPS) is 21.3. The van der Waals surface area contributed by atoms with Crippen molar-refractivity contribution in [2.24, 2.45) is 0 Å². The Kier molecular flexibility index (Phi) is 7.18. The zero-order chi connectivity index (χ0) is 24.4. The number of alkyl halides is 6. The maximum absolute atomic E-state index is 13.4. The number of halogens is 6. The van der Waals surface area contributed by atoms with Crippen LogP contribution in [0, 0.1) is 0 Å². The highest BCUT2D eigenvalue weighted by Gasteiger charge is 2.43. The molecule has 0 spiro atoms. The van der Waals surface area contributed by atoms with Gasteiger partial charge in [-0.15, -0.1) is 0 Å². The molecule has 0 saturated carbocycles. The van der Waals surface area contributed by atoms with Crippen molar-refractivity contribution < 1.29 is 45.4 Å². The minimum atomic E-state index is -4.91. The van der Waals surface area contributed by atoms with Crippen molar-refractivity contribution in [3.63, 3.8) is 0 Å². The van der Waals surface area contributed by atoms with Gasteiger partial charge >= 0.3 is 12.4 Å². The SMILES string of the molecule is COc1ccc(C[N+]2(Cc3cc(C(F)(F)F)cc(C(F)(F)F)c3)CCC[C@H]2CO)cc1OC. The molecule has 1 heterocycles. The molecule has 1 fully saturated rings. The summed E-state index contributed by atoms with van der Waals surface area (Å²) in [5.74, 6) is 0.965. The predicted molar refractivity (Wildman–Crippen MR) is 109 cm³/mol. The van der Waals surface area contributed by atoms with Crippen molar-refractivity contribution in [3.8, 4) is 11.5 Å². The van der Waals surface area contributed by atoms with E-state index in [-0.39, 0.29) is 35.3 Å². The first kappa shape index (κ1) is 25.2. The molecular formula is C23H26F6NO3+. The Bertz CT molecular complexity index is 943. The van der Waals surface area contributed by atoms with Gasteiger partial charge in [-0.3, -0.25) is 0 Å². The molecule has 4 nitrogen and oxygen atoms in total. The Morgan fingerprint density at radius 2 is 1.42 bits per heavy atom. The molecule has 1 saturated heterocycles. The van der Waals surface area contributed by atoms with Crippen LogP contribution in [0.1, 0.15) is 35.1 Å². The summed E-state index contributed by atoms with van der Waals surface area (Å²) in [5, 5.41) is 9.99. The fraction of sp³-hybridized carbons (Fsp3) is 0.478. The predicted octanol–water partition coefficient (Wildman–Crippen LogP) is 5.41. The Labute approximate surface area is 187 Å². The smallest absolute Gasteiger partial charge is 0.416 e. The summed E-state index contributed by atoms with van der Waals surface area (Å²) in [6.45, 7) is 0.519. The molecular weight excluding hydrogens is 452 g/mol. The van der Waals surface area contributed by atoms with E-state index in [4.69, 9.17) is 9.47 Å². The number of hydrogen-bond acceptors (Lipinski definition) is 3. The molecule has 3 rings (SSSR count). The maximum Gasteiger partial charge on any atom is 0.416 e. The van der Waals surface area contributed by atoms with Crippen LogP contribution in [0.15, 0.2) is 36.4 Å². The van der Waals surface area contributed by atoms with Gasteiger partial charge in [0.05, 0.1) is 38.5 Å². The number of aliphatic hydroxyl groups is 1. The van der Waals surface area contributed by atoms with Crippen LogP contribution in [0.25, 0.3) is 0 Å². The Balaban J connectivity index is 2.04. The first-order valence-corrected chi connectivity index (χ1v) is 10.4. The van der Waals surface area contributed by atoms with Crippen molar-refractivity contribution in [1.29, 1.82) is 0 Å². The molecule has 182 valence electrons. The molecule has 1 aliphatic heterocycles. The van der Waals surface area contributed by atoms with Crippen LogP contribution in [-0.4, -0.2) is 43.0 Å². The molecule has 2 atom stereocenters. The van der Waals surface area contributed by atoms with Gasteiger partial charge in [-0.05, 0) is 36.4 Å². The van der Waals surface area contributed by atoms with Crippen molar-refractivity contribution in [2.75, 3.05) is 27.4 Å². The fourth-order valence-corrected chi connectivity index (χ4v) is 4.65. The highest BCUT2D eigenvalue weighted by molar-refractivity contribution is 5.42. The lowest BCUT2D eigenvalue weighted by Gasteiger charge is -2.40. The quantitative estimate of drug-likeness (QED) is 0.427. The van der Waals surface area contributed by atoms with E-state index in [0.29, 0.717) is 37.4 Å². The van der Waals surface area contributed by atoms with Crippen LogP contribution in [0.3, 0.4) is 0 Å². The molecule has 0 aromatic heterocycles. The molecule has 1 unspecified atom stereocenters. The van der Waals surface area contributed by atoms with Crippen molar-refractivity contribution in [3.05, 3.63) is 58.7 Å². The fourth-order valence-electron chi connectivity index (χ4n) is 4.65. The average Bonchev–Trinajstić information content (AvgIpc) is 3.13. The number of likely N-dealkylation sites (tertiary alicyclic amines) is 1. The number of aliphatic hydroxyl groups excluding tert-OH is 1. The lowest BCUT2D eigenvalue weighted by atomic mass is 10.0. The van der Waals surface area contributed by atoms with Gasteiger partial charge in [0.1, 0.15) is 19.1 Å². The van der Waals surface area contributed by atoms with E-state index < -0.39 is 23.5 Å². The van der Waals surface area contributed by atoms with E-state index in [1.54, 1.807) is 18.2 Å². The number of methoxy groups -OCH3 is 2. The topological polar surface area (TPSA) is 38.7 Å². The van der Waals surface area contributed by atoms with E-state index in [9.17, 15) is 31.4 Å². The minimum absolute atomic E-state index is 0.0713. The Morgan fingerprint density at radius 1 is 0.848 bits per heavy atom. The van der Waals surface area contributed by atoms with Crippen LogP contribution >= 0.6 is 0 Å². The van der Waals surface area contributed by atoms with Gasteiger partial charge < -0.3 is 19.1 Å². The maximum atomic E-state index is 13.4. The number of rotatable bonds is 7. The highest BCUT2D eigenvalue weighted by Crippen LogP contribution is 2.39. The molecule has 1 N–H and O–H groups in total. The molecule has 33 heavy (non-hydrogen) atoms. The molecule has 0 radical (unpaired) electrons. The van der Waals surface area contributed by atoms with Gasteiger partial charge in [0.15, 0.2) is 11.5 Å². The van der Waals surface area contributed by atoms with E-state index in [1.807, 2.05) is 0 Å². The number of ether oxygens (including phenoxy) is 2. The molecule has 2 aromatic carbocycles. The van der Waals surface area contributed by atoms with Crippen molar-refractivity contribution >= 4 is 0 Å². The van der Waals surface area contributed by atoms with E-state index in [0.717, 1.165) is 17.7 Å². The third kappa shape index (κ3) is 5.55. The largest absolute Gasteiger partial charge is 0.493 e. The molecule has 0 aliphatic carbocycles. The summed E-state index contributed by atoms with van der Waals surface area (Å²) in [6, 6.07) is 6.58. The Hall–Kier alpha value is -2.46. The summed E-state index contributed by atoms with van der Waals surface area (Å²) < 4.78 is 90.8. The third-order valence-electron chi connectivity index (χ3n) is 6.22. The van der Waals surface area contributed by atoms with Crippen LogP contribution in [0.5, 0.6) is 11.5 Å². The van der Waals surface area contributed by atoms with Gasteiger partial charge in [-0.1, -0.05) is 0 Å². The van der Waals surface area contributed by atoms with Gasteiger partial charge in [0.2, 0.25) is 0 Å². The molecule has 10 heteroatoms. The van der Waals surface area contributed by atoms with Gasteiger partial charge in [-0.25, -0.2) is 0 Å². The summed E-state index contributed by atoms with van der Waals surface area (Å²) in [4.78, 5) is 0. The minimum Gasteiger partial charge on any atom is -0.493 e. The Morgan fingerprint density at radius 3 is 1.94 bits per heavy atom. The zero-order valence-electron chi connectivity index (χ0n) is 18.3. The standard InChI is InChI=1S/C23H26F6NO3/c1-32-20-6-5-15(10-21(20)33-2)12-30(7-3-4-19(30)14-31)13-16-8-17(22(24,25)26)11-18(9-16)23(27,28)29/h5-6,8-11,19,31H,3-4,7,12-14H2,1-2H3/q+1/t19-,30?/m0/s1. The van der Waals surface area contributed by atoms with Crippen LogP contribution in [0.2, 0.25) is 0 Å². The monoisotopic (exact) mass is 478 g/mol. The molecule has 2 aromatic rings. The zero-order valence-corrected chi connectivity index (χ0v) is 18.3. The van der Waals surface area contributed by atoms with Crippen LogP contribution in [-0.2, 0) is 25.4 Å². The van der Waals surface area contributed by atoms with Gasteiger partial charge in [0, 0.05) is 24.0 Å². The van der Waals surface area contributed by atoms with E-state index >= 15 is 0 Å².